The van der Waals surface area contributed by atoms with Crippen molar-refractivity contribution in [2.45, 2.75) is 0 Å². The third-order valence-corrected chi connectivity index (χ3v) is 5.63. The molecule has 0 bridgehead atoms. The maximum atomic E-state index is 14.3. The monoisotopic (exact) mass is 511 g/mol. The average molecular weight is 512 g/mol. The second-order valence-electron chi connectivity index (χ2n) is 7.51. The third-order valence-electron chi connectivity index (χ3n) is 5.10. The molecule has 5 aromatic rings. The summed E-state index contributed by atoms with van der Waals surface area (Å²) < 4.78 is 22.8. The van der Waals surface area contributed by atoms with Gasteiger partial charge in [-0.1, -0.05) is 70.5 Å². The minimum atomic E-state index is -0.437. The summed E-state index contributed by atoms with van der Waals surface area (Å²) in [6, 6.07) is 33.5. The molecular formula is C28H19BrFN3O. The van der Waals surface area contributed by atoms with E-state index < -0.39 is 5.82 Å². The fourth-order valence-corrected chi connectivity index (χ4v) is 3.68. The van der Waals surface area contributed by atoms with Crippen molar-refractivity contribution in [2.75, 3.05) is 0 Å². The van der Waals surface area contributed by atoms with Crippen LogP contribution in [-0.4, -0.2) is 16.0 Å². The molecule has 0 aliphatic carbocycles. The standard InChI is InChI=1S/C28H19BrFN3O/c29-22-14-12-21(13-15-22)26-18-28(33(32-26)23-7-3-1-4-8-23)31-19-20-11-16-25(30)27(17-20)34-24-9-5-2-6-10-24/h1-19H/b31-19-. The van der Waals surface area contributed by atoms with Crippen LogP contribution in [0.25, 0.3) is 16.9 Å². The molecule has 0 radical (unpaired) electrons. The highest BCUT2D eigenvalue weighted by atomic mass is 79.9. The quantitative estimate of drug-likeness (QED) is 0.217. The van der Waals surface area contributed by atoms with E-state index in [1.807, 2.05) is 78.9 Å². The maximum Gasteiger partial charge on any atom is 0.165 e. The van der Waals surface area contributed by atoms with Gasteiger partial charge in [0.1, 0.15) is 5.75 Å². The van der Waals surface area contributed by atoms with Crippen LogP contribution in [0.5, 0.6) is 11.5 Å². The van der Waals surface area contributed by atoms with Crippen LogP contribution in [0.1, 0.15) is 5.56 Å². The first-order valence-electron chi connectivity index (χ1n) is 10.6. The Balaban J connectivity index is 1.49. The predicted molar refractivity (Wildman–Crippen MR) is 137 cm³/mol. The number of nitrogens with zero attached hydrogens (tertiary/aromatic N) is 3. The van der Waals surface area contributed by atoms with Crippen LogP contribution in [0, 0.1) is 5.82 Å². The number of para-hydroxylation sites is 2. The van der Waals surface area contributed by atoms with E-state index in [0.29, 0.717) is 17.1 Å². The fraction of sp³-hybridized carbons (Fsp3) is 0. The highest BCUT2D eigenvalue weighted by Crippen LogP contribution is 2.29. The molecule has 34 heavy (non-hydrogen) atoms. The molecule has 0 N–H and O–H groups in total. The van der Waals surface area contributed by atoms with Crippen LogP contribution < -0.4 is 4.74 Å². The van der Waals surface area contributed by atoms with Crippen LogP contribution in [0.15, 0.2) is 119 Å². The number of halogens is 2. The molecule has 4 nitrogen and oxygen atoms in total. The molecule has 1 heterocycles. The molecule has 5 rings (SSSR count). The maximum absolute atomic E-state index is 14.3. The van der Waals surface area contributed by atoms with Crippen molar-refractivity contribution in [3.8, 4) is 28.4 Å². The van der Waals surface area contributed by atoms with Gasteiger partial charge in [-0.05, 0) is 54.1 Å². The zero-order chi connectivity index (χ0) is 23.3. The number of ether oxygens (including phenoxy) is 1. The number of benzene rings is 4. The third kappa shape index (κ3) is 4.97. The van der Waals surface area contributed by atoms with Crippen LogP contribution in [0.3, 0.4) is 0 Å². The van der Waals surface area contributed by atoms with Crippen LogP contribution >= 0.6 is 15.9 Å². The van der Waals surface area contributed by atoms with Crippen molar-refractivity contribution in [1.82, 2.24) is 9.78 Å². The second kappa shape index (κ2) is 9.85. The summed E-state index contributed by atoms with van der Waals surface area (Å²) in [4.78, 5) is 4.68. The van der Waals surface area contributed by atoms with Crippen molar-refractivity contribution < 1.29 is 9.13 Å². The highest BCUT2D eigenvalue weighted by Gasteiger charge is 2.11. The molecule has 0 saturated carbocycles. The lowest BCUT2D eigenvalue weighted by atomic mass is 10.1. The van der Waals surface area contributed by atoms with Crippen LogP contribution in [0.4, 0.5) is 10.2 Å². The lowest BCUT2D eigenvalue weighted by Gasteiger charge is -2.07. The summed E-state index contributed by atoms with van der Waals surface area (Å²) in [5, 5.41) is 4.78. The molecule has 0 atom stereocenters. The van der Waals surface area contributed by atoms with Gasteiger partial charge in [0.25, 0.3) is 0 Å². The van der Waals surface area contributed by atoms with Gasteiger partial charge in [-0.3, -0.25) is 0 Å². The summed E-state index contributed by atoms with van der Waals surface area (Å²) in [7, 11) is 0. The topological polar surface area (TPSA) is 39.4 Å². The van der Waals surface area contributed by atoms with Gasteiger partial charge in [-0.25, -0.2) is 14.1 Å². The first-order valence-corrected chi connectivity index (χ1v) is 11.4. The van der Waals surface area contributed by atoms with Gasteiger partial charge >= 0.3 is 0 Å². The van der Waals surface area contributed by atoms with E-state index >= 15 is 0 Å². The van der Waals surface area contributed by atoms with Gasteiger partial charge in [-0.2, -0.15) is 5.10 Å². The zero-order valence-electron chi connectivity index (χ0n) is 18.0. The highest BCUT2D eigenvalue weighted by molar-refractivity contribution is 9.10. The molecule has 0 aliphatic heterocycles. The molecule has 0 saturated heterocycles. The van der Waals surface area contributed by atoms with Gasteiger partial charge in [-0.15, -0.1) is 0 Å². The van der Waals surface area contributed by atoms with Crippen molar-refractivity contribution in [3.63, 3.8) is 0 Å². The van der Waals surface area contributed by atoms with Crippen molar-refractivity contribution in [3.05, 3.63) is 125 Å². The fourth-order valence-electron chi connectivity index (χ4n) is 3.42. The molecule has 0 spiro atoms. The lowest BCUT2D eigenvalue weighted by molar-refractivity contribution is 0.442. The Morgan fingerprint density at radius 3 is 2.26 bits per heavy atom. The van der Waals surface area contributed by atoms with E-state index in [1.165, 1.54) is 6.07 Å². The predicted octanol–water partition coefficient (Wildman–Crippen LogP) is 7.98. The van der Waals surface area contributed by atoms with Gasteiger partial charge in [0.2, 0.25) is 0 Å². The Morgan fingerprint density at radius 2 is 1.53 bits per heavy atom. The minimum Gasteiger partial charge on any atom is -0.454 e. The van der Waals surface area contributed by atoms with Crippen molar-refractivity contribution >= 4 is 28.0 Å². The first kappa shape index (κ1) is 21.8. The summed E-state index contributed by atoms with van der Waals surface area (Å²) in [6.07, 6.45) is 1.68. The molecule has 4 aromatic carbocycles. The molecular weight excluding hydrogens is 493 g/mol. The SMILES string of the molecule is Fc1ccc(/C=N\c2cc(-c3ccc(Br)cc3)nn2-c2ccccc2)cc1Oc1ccccc1. The number of hydrogen-bond acceptors (Lipinski definition) is 3. The summed E-state index contributed by atoms with van der Waals surface area (Å²) in [5.41, 5.74) is 3.38. The largest absolute Gasteiger partial charge is 0.454 e. The van der Waals surface area contributed by atoms with E-state index in [0.717, 1.165) is 21.4 Å². The molecule has 1 aromatic heterocycles. The van der Waals surface area contributed by atoms with Crippen molar-refractivity contribution in [1.29, 1.82) is 0 Å². The zero-order valence-corrected chi connectivity index (χ0v) is 19.6. The molecule has 0 amide bonds. The smallest absolute Gasteiger partial charge is 0.165 e. The average Bonchev–Trinajstić information content (AvgIpc) is 3.30. The Hall–Kier alpha value is -4.03. The van der Waals surface area contributed by atoms with E-state index in [1.54, 1.807) is 35.2 Å². The summed E-state index contributed by atoms with van der Waals surface area (Å²) in [5.74, 6) is 0.922. The summed E-state index contributed by atoms with van der Waals surface area (Å²) >= 11 is 3.47. The van der Waals surface area contributed by atoms with Gasteiger partial charge < -0.3 is 4.74 Å². The first-order chi connectivity index (χ1) is 16.7. The number of aromatic nitrogens is 2. The van der Waals surface area contributed by atoms with E-state index in [2.05, 4.69) is 20.9 Å². The summed E-state index contributed by atoms with van der Waals surface area (Å²) in [6.45, 7) is 0. The Bertz CT molecular complexity index is 1430. The normalized spacial score (nSPS) is 11.1. The van der Waals surface area contributed by atoms with Gasteiger partial charge in [0.05, 0.1) is 11.4 Å². The van der Waals surface area contributed by atoms with E-state index in [-0.39, 0.29) is 5.75 Å². The van der Waals surface area contributed by atoms with E-state index in [4.69, 9.17) is 9.84 Å². The van der Waals surface area contributed by atoms with Crippen LogP contribution in [0.2, 0.25) is 0 Å². The minimum absolute atomic E-state index is 0.141. The molecule has 6 heteroatoms. The Kier molecular flexibility index (Phi) is 6.31. The van der Waals surface area contributed by atoms with E-state index in [9.17, 15) is 4.39 Å². The van der Waals surface area contributed by atoms with Crippen LogP contribution in [-0.2, 0) is 0 Å². The number of hydrogen-bond donors (Lipinski definition) is 0. The second-order valence-corrected chi connectivity index (χ2v) is 8.42. The Morgan fingerprint density at radius 1 is 0.824 bits per heavy atom. The van der Waals surface area contributed by atoms with Gasteiger partial charge in [0.15, 0.2) is 17.4 Å². The molecule has 0 unspecified atom stereocenters. The lowest BCUT2D eigenvalue weighted by Crippen LogP contribution is -1.96. The van der Waals surface area contributed by atoms with Crippen molar-refractivity contribution in [2.24, 2.45) is 4.99 Å². The van der Waals surface area contributed by atoms with Gasteiger partial charge in [0, 0.05) is 22.3 Å². The Labute approximate surface area is 205 Å². The molecule has 166 valence electrons. The molecule has 0 aliphatic rings. The number of rotatable bonds is 6. The molecule has 0 fully saturated rings. The number of aliphatic imine (C=N–C) groups is 1.